The number of rotatable bonds is 3. The van der Waals surface area contributed by atoms with Crippen molar-refractivity contribution in [2.24, 2.45) is 0 Å². The van der Waals surface area contributed by atoms with Crippen LogP contribution in [-0.2, 0) is 30.8 Å². The van der Waals surface area contributed by atoms with Crippen LogP contribution in [0.1, 0.15) is 16.7 Å². The van der Waals surface area contributed by atoms with Crippen LogP contribution in [0.2, 0.25) is 0 Å². The maximum absolute atomic E-state index is 14.1. The highest BCUT2D eigenvalue weighted by Gasteiger charge is 2.69. The Bertz CT molecular complexity index is 1440. The second kappa shape index (κ2) is 7.21. The van der Waals surface area contributed by atoms with Crippen LogP contribution in [0.5, 0.6) is 0 Å². The van der Waals surface area contributed by atoms with Crippen molar-refractivity contribution in [3.8, 4) is 0 Å². The van der Waals surface area contributed by atoms with Crippen molar-refractivity contribution < 1.29 is 26.8 Å². The van der Waals surface area contributed by atoms with Gasteiger partial charge in [0.25, 0.3) is 10.8 Å². The first-order chi connectivity index (χ1) is 15.7. The van der Waals surface area contributed by atoms with Crippen molar-refractivity contribution in [3.05, 3.63) is 95.1 Å². The summed E-state index contributed by atoms with van der Waals surface area (Å²) in [4.78, 5) is 26.7. The van der Waals surface area contributed by atoms with Crippen LogP contribution < -0.4 is 9.80 Å². The van der Waals surface area contributed by atoms with Crippen molar-refractivity contribution in [3.63, 3.8) is 0 Å². The maximum Gasteiger partial charge on any atom is 0.274 e. The SMILES string of the molecule is Cc1ccccc1CN1C(=O)C2(c3ccccc31)N(c1ccc(F)c(F)c1)C(=O)CS2(=O)=O. The van der Waals surface area contributed by atoms with Crippen molar-refractivity contribution in [2.45, 2.75) is 18.3 Å². The molecule has 2 aliphatic rings. The molecule has 5 rings (SSSR count). The molecule has 3 aromatic carbocycles. The molecule has 168 valence electrons. The number of sulfone groups is 1. The lowest BCUT2D eigenvalue weighted by Crippen LogP contribution is -2.54. The Kier molecular flexibility index (Phi) is 4.65. The summed E-state index contributed by atoms with van der Waals surface area (Å²) in [6.07, 6.45) is 0. The third kappa shape index (κ3) is 2.85. The van der Waals surface area contributed by atoms with Crippen molar-refractivity contribution >= 4 is 33.0 Å². The number of halogens is 2. The first-order valence-electron chi connectivity index (χ1n) is 10.1. The summed E-state index contributed by atoms with van der Waals surface area (Å²) in [6, 6.07) is 16.3. The summed E-state index contributed by atoms with van der Waals surface area (Å²) < 4.78 is 54.6. The van der Waals surface area contributed by atoms with Crippen LogP contribution in [0.4, 0.5) is 20.2 Å². The van der Waals surface area contributed by atoms with Gasteiger partial charge in [-0.1, -0.05) is 42.5 Å². The molecule has 3 aromatic rings. The van der Waals surface area contributed by atoms with Gasteiger partial charge in [0.15, 0.2) is 21.5 Å². The lowest BCUT2D eigenvalue weighted by Gasteiger charge is -2.32. The van der Waals surface area contributed by atoms with Gasteiger partial charge in [-0.25, -0.2) is 17.2 Å². The largest absolute Gasteiger partial charge is 0.304 e. The van der Waals surface area contributed by atoms with E-state index in [2.05, 4.69) is 0 Å². The molecular weight excluding hydrogens is 450 g/mol. The van der Waals surface area contributed by atoms with Gasteiger partial charge in [-0.3, -0.25) is 14.5 Å². The lowest BCUT2D eigenvalue weighted by atomic mass is 10.0. The highest BCUT2D eigenvalue weighted by atomic mass is 32.2. The van der Waals surface area contributed by atoms with E-state index in [1.165, 1.54) is 11.0 Å². The molecule has 1 saturated heterocycles. The summed E-state index contributed by atoms with van der Waals surface area (Å²) in [7, 11) is -4.38. The number of amides is 2. The molecule has 6 nitrogen and oxygen atoms in total. The average molecular weight is 468 g/mol. The Balaban J connectivity index is 1.75. The zero-order valence-corrected chi connectivity index (χ0v) is 18.3. The Morgan fingerprint density at radius 3 is 2.36 bits per heavy atom. The van der Waals surface area contributed by atoms with Gasteiger partial charge in [-0.15, -0.1) is 0 Å². The molecule has 33 heavy (non-hydrogen) atoms. The van der Waals surface area contributed by atoms with E-state index in [9.17, 15) is 26.8 Å². The van der Waals surface area contributed by atoms with Crippen LogP contribution in [0, 0.1) is 18.6 Å². The minimum Gasteiger partial charge on any atom is -0.304 e. The predicted octanol–water partition coefficient (Wildman–Crippen LogP) is 3.43. The third-order valence-corrected chi connectivity index (χ3v) is 8.28. The summed E-state index contributed by atoms with van der Waals surface area (Å²) in [5.41, 5.74) is 1.96. The smallest absolute Gasteiger partial charge is 0.274 e. The standard InChI is InChI=1S/C24H18F2N2O4S/c1-15-6-2-3-7-16(15)13-27-21-9-5-4-8-18(21)24(23(27)30)28(22(29)14-33(24,31)32)17-10-11-19(25)20(26)12-17/h2-12H,13-14H2,1H3. The summed E-state index contributed by atoms with van der Waals surface area (Å²) >= 11 is 0. The zero-order valence-electron chi connectivity index (χ0n) is 17.5. The summed E-state index contributed by atoms with van der Waals surface area (Å²) in [5, 5.41) is 0. The summed E-state index contributed by atoms with van der Waals surface area (Å²) in [6.45, 7) is 1.96. The molecule has 2 heterocycles. The number of hydrogen-bond donors (Lipinski definition) is 0. The third-order valence-electron chi connectivity index (χ3n) is 6.17. The molecule has 0 aliphatic carbocycles. The second-order valence-corrected chi connectivity index (χ2v) is 10.2. The molecule has 0 saturated carbocycles. The van der Waals surface area contributed by atoms with E-state index in [0.29, 0.717) is 5.69 Å². The maximum atomic E-state index is 14.1. The Hall–Kier alpha value is -3.59. The van der Waals surface area contributed by atoms with Crippen molar-refractivity contribution in [2.75, 3.05) is 15.6 Å². The van der Waals surface area contributed by atoms with E-state index in [1.807, 2.05) is 31.2 Å². The van der Waals surface area contributed by atoms with Gasteiger partial charge in [0.1, 0.15) is 5.75 Å². The van der Waals surface area contributed by atoms with Crippen LogP contribution in [0.25, 0.3) is 0 Å². The molecule has 1 spiro atoms. The number of fused-ring (bicyclic) bond motifs is 2. The van der Waals surface area contributed by atoms with E-state index in [4.69, 9.17) is 0 Å². The van der Waals surface area contributed by atoms with E-state index in [0.717, 1.165) is 34.2 Å². The Morgan fingerprint density at radius 2 is 1.64 bits per heavy atom. The number of nitrogens with zero attached hydrogens (tertiary/aromatic N) is 2. The zero-order chi connectivity index (χ0) is 23.5. The lowest BCUT2D eigenvalue weighted by molar-refractivity contribution is -0.123. The van der Waals surface area contributed by atoms with Gasteiger partial charge in [0.05, 0.1) is 12.2 Å². The van der Waals surface area contributed by atoms with Crippen LogP contribution >= 0.6 is 0 Å². The number of para-hydroxylation sites is 1. The Morgan fingerprint density at radius 1 is 0.939 bits per heavy atom. The predicted molar refractivity (Wildman–Crippen MR) is 118 cm³/mol. The Labute approximate surface area is 189 Å². The second-order valence-electron chi connectivity index (χ2n) is 8.07. The van der Waals surface area contributed by atoms with Gasteiger partial charge in [0, 0.05) is 17.3 Å². The number of carbonyl (C=O) groups excluding carboxylic acids is 2. The molecule has 0 bridgehead atoms. The highest BCUT2D eigenvalue weighted by molar-refractivity contribution is 7.94. The van der Waals surface area contributed by atoms with E-state index in [1.54, 1.807) is 18.2 Å². The number of aryl methyl sites for hydroxylation is 1. The fourth-order valence-electron chi connectivity index (χ4n) is 4.63. The van der Waals surface area contributed by atoms with Crippen molar-refractivity contribution in [1.29, 1.82) is 0 Å². The van der Waals surface area contributed by atoms with Gasteiger partial charge in [-0.05, 0) is 36.2 Å². The van der Waals surface area contributed by atoms with Crippen LogP contribution in [0.3, 0.4) is 0 Å². The van der Waals surface area contributed by atoms with Crippen molar-refractivity contribution in [1.82, 2.24) is 0 Å². The van der Waals surface area contributed by atoms with E-state index < -0.39 is 43.9 Å². The molecule has 2 amide bonds. The highest BCUT2D eigenvalue weighted by Crippen LogP contribution is 2.52. The minimum absolute atomic E-state index is 0.0829. The molecule has 1 unspecified atom stereocenters. The molecule has 9 heteroatoms. The molecular formula is C24H18F2N2O4S. The number of hydrogen-bond acceptors (Lipinski definition) is 4. The molecule has 0 aromatic heterocycles. The molecule has 0 N–H and O–H groups in total. The van der Waals surface area contributed by atoms with E-state index >= 15 is 0 Å². The number of benzene rings is 3. The van der Waals surface area contributed by atoms with Gasteiger partial charge in [0.2, 0.25) is 5.91 Å². The summed E-state index contributed by atoms with van der Waals surface area (Å²) in [5.74, 6) is -5.05. The molecule has 1 atom stereocenters. The monoisotopic (exact) mass is 468 g/mol. The minimum atomic E-state index is -4.38. The normalized spacial score (nSPS) is 21.2. The van der Waals surface area contributed by atoms with Gasteiger partial charge < -0.3 is 4.90 Å². The van der Waals surface area contributed by atoms with E-state index in [-0.39, 0.29) is 17.8 Å². The fraction of sp³-hybridized carbons (Fsp3) is 0.167. The first kappa shape index (κ1) is 21.3. The van der Waals surface area contributed by atoms with Crippen LogP contribution in [-0.4, -0.2) is 26.0 Å². The number of anilines is 2. The first-order valence-corrected chi connectivity index (χ1v) is 11.8. The quantitative estimate of drug-likeness (QED) is 0.590. The topological polar surface area (TPSA) is 74.8 Å². The molecule has 0 radical (unpaired) electrons. The average Bonchev–Trinajstić information content (AvgIpc) is 3.14. The van der Waals surface area contributed by atoms with Gasteiger partial charge >= 0.3 is 0 Å². The molecule has 1 fully saturated rings. The fourth-order valence-corrected chi connectivity index (χ4v) is 6.66. The van der Waals surface area contributed by atoms with Gasteiger partial charge in [-0.2, -0.15) is 0 Å². The molecule has 2 aliphatic heterocycles. The van der Waals surface area contributed by atoms with Crippen LogP contribution in [0.15, 0.2) is 66.7 Å². The number of carbonyl (C=O) groups is 2.